The molecule has 3 heterocycles. The molecule has 0 radical (unpaired) electrons. The molecule has 0 aromatic carbocycles. The Bertz CT molecular complexity index is 540. The molecule has 1 aliphatic rings. The standard InChI is InChI=1S/C13H18N4S2/c1-9-6-15-12(18-9)10-2-4-17(5-3-10)8-11-7-16-13(14)19-11/h6-7,10H,2-5,8H2,1H3,(H2,14,16). The summed E-state index contributed by atoms with van der Waals surface area (Å²) in [5.41, 5.74) is 5.67. The van der Waals surface area contributed by atoms with Gasteiger partial charge in [-0.2, -0.15) is 0 Å². The summed E-state index contributed by atoms with van der Waals surface area (Å²) in [4.78, 5) is 13.7. The fourth-order valence-electron chi connectivity index (χ4n) is 2.52. The maximum absolute atomic E-state index is 5.67. The van der Waals surface area contributed by atoms with Crippen molar-refractivity contribution in [1.82, 2.24) is 14.9 Å². The summed E-state index contributed by atoms with van der Waals surface area (Å²) in [5.74, 6) is 0.654. The second-order valence-electron chi connectivity index (χ2n) is 5.02. The molecule has 0 unspecified atom stereocenters. The van der Waals surface area contributed by atoms with Crippen LogP contribution >= 0.6 is 22.7 Å². The number of nitrogens with zero attached hydrogens (tertiary/aromatic N) is 3. The average Bonchev–Trinajstić information content (AvgIpc) is 3.00. The molecular weight excluding hydrogens is 276 g/mol. The zero-order chi connectivity index (χ0) is 13.2. The summed E-state index contributed by atoms with van der Waals surface area (Å²) in [6.07, 6.45) is 6.31. The van der Waals surface area contributed by atoms with Crippen LogP contribution in [-0.2, 0) is 6.54 Å². The molecule has 4 nitrogen and oxygen atoms in total. The van der Waals surface area contributed by atoms with Crippen molar-refractivity contribution in [3.8, 4) is 0 Å². The smallest absolute Gasteiger partial charge is 0.180 e. The second-order valence-corrected chi connectivity index (χ2v) is 7.44. The van der Waals surface area contributed by atoms with Crippen LogP contribution in [0.15, 0.2) is 12.4 Å². The zero-order valence-corrected chi connectivity index (χ0v) is 12.6. The van der Waals surface area contributed by atoms with Crippen molar-refractivity contribution in [2.75, 3.05) is 18.8 Å². The molecule has 19 heavy (non-hydrogen) atoms. The molecule has 2 aromatic heterocycles. The Morgan fingerprint density at radius 3 is 2.63 bits per heavy atom. The highest BCUT2D eigenvalue weighted by Crippen LogP contribution is 2.31. The van der Waals surface area contributed by atoms with Gasteiger partial charge in [-0.25, -0.2) is 9.97 Å². The topological polar surface area (TPSA) is 55.0 Å². The first-order chi connectivity index (χ1) is 9.20. The van der Waals surface area contributed by atoms with E-state index in [1.165, 1.54) is 27.6 Å². The zero-order valence-electron chi connectivity index (χ0n) is 11.0. The molecule has 1 saturated heterocycles. The van der Waals surface area contributed by atoms with E-state index in [2.05, 4.69) is 21.8 Å². The van der Waals surface area contributed by atoms with Crippen molar-refractivity contribution in [2.24, 2.45) is 0 Å². The van der Waals surface area contributed by atoms with E-state index < -0.39 is 0 Å². The van der Waals surface area contributed by atoms with Crippen LogP contribution in [0.2, 0.25) is 0 Å². The Kier molecular flexibility index (Phi) is 3.81. The number of thiazole rings is 2. The predicted molar refractivity (Wildman–Crippen MR) is 80.6 cm³/mol. The van der Waals surface area contributed by atoms with E-state index in [9.17, 15) is 0 Å². The van der Waals surface area contributed by atoms with E-state index in [-0.39, 0.29) is 0 Å². The lowest BCUT2D eigenvalue weighted by molar-refractivity contribution is 0.206. The third-order valence-corrected chi connectivity index (χ3v) is 5.41. The first-order valence-electron chi connectivity index (χ1n) is 6.55. The van der Waals surface area contributed by atoms with E-state index in [1.54, 1.807) is 11.3 Å². The van der Waals surface area contributed by atoms with Crippen molar-refractivity contribution in [2.45, 2.75) is 32.2 Å². The summed E-state index contributed by atoms with van der Waals surface area (Å²) < 4.78 is 0. The van der Waals surface area contributed by atoms with Crippen molar-refractivity contribution in [3.63, 3.8) is 0 Å². The van der Waals surface area contributed by atoms with Crippen LogP contribution in [0.1, 0.15) is 33.5 Å². The van der Waals surface area contributed by atoms with Gasteiger partial charge in [-0.15, -0.1) is 22.7 Å². The Morgan fingerprint density at radius 1 is 1.26 bits per heavy atom. The lowest BCUT2D eigenvalue weighted by Crippen LogP contribution is -2.32. The molecular formula is C13H18N4S2. The highest BCUT2D eigenvalue weighted by molar-refractivity contribution is 7.15. The van der Waals surface area contributed by atoms with Gasteiger partial charge in [0.05, 0.1) is 5.01 Å². The molecule has 1 fully saturated rings. The van der Waals surface area contributed by atoms with Gasteiger partial charge >= 0.3 is 0 Å². The SMILES string of the molecule is Cc1cnc(C2CCN(Cc3cnc(N)s3)CC2)s1. The summed E-state index contributed by atoms with van der Waals surface area (Å²) in [7, 11) is 0. The maximum Gasteiger partial charge on any atom is 0.180 e. The van der Waals surface area contributed by atoms with Crippen LogP contribution in [-0.4, -0.2) is 28.0 Å². The normalized spacial score (nSPS) is 17.9. The molecule has 3 rings (SSSR count). The van der Waals surface area contributed by atoms with Crippen molar-refractivity contribution >= 4 is 27.8 Å². The van der Waals surface area contributed by atoms with Gasteiger partial charge in [-0.05, 0) is 32.9 Å². The Morgan fingerprint density at radius 2 is 2.05 bits per heavy atom. The molecule has 0 bridgehead atoms. The minimum atomic E-state index is 0.654. The molecule has 0 spiro atoms. The fourth-order valence-corrected chi connectivity index (χ4v) is 4.18. The first-order valence-corrected chi connectivity index (χ1v) is 8.19. The molecule has 6 heteroatoms. The predicted octanol–water partition coefficient (Wildman–Crippen LogP) is 2.87. The van der Waals surface area contributed by atoms with E-state index >= 15 is 0 Å². The number of likely N-dealkylation sites (tertiary alicyclic amines) is 1. The molecule has 0 amide bonds. The van der Waals surface area contributed by atoms with Crippen molar-refractivity contribution in [1.29, 1.82) is 0 Å². The Balaban J connectivity index is 1.54. The Labute approximate surface area is 121 Å². The third-order valence-electron chi connectivity index (χ3n) is 3.53. The highest BCUT2D eigenvalue weighted by atomic mass is 32.1. The van der Waals surface area contributed by atoms with Crippen molar-refractivity contribution < 1.29 is 0 Å². The van der Waals surface area contributed by atoms with Crippen LogP contribution in [0.25, 0.3) is 0 Å². The minimum Gasteiger partial charge on any atom is -0.375 e. The number of aryl methyl sites for hydroxylation is 1. The lowest BCUT2D eigenvalue weighted by Gasteiger charge is -2.30. The van der Waals surface area contributed by atoms with Gasteiger partial charge in [0.2, 0.25) is 0 Å². The maximum atomic E-state index is 5.67. The number of nitrogens with two attached hydrogens (primary N) is 1. The minimum absolute atomic E-state index is 0.654. The number of aromatic nitrogens is 2. The van der Waals surface area contributed by atoms with Gasteiger partial charge < -0.3 is 5.73 Å². The fraction of sp³-hybridized carbons (Fsp3) is 0.538. The van der Waals surface area contributed by atoms with Crippen LogP contribution in [0.4, 0.5) is 5.13 Å². The van der Waals surface area contributed by atoms with Gasteiger partial charge in [0.15, 0.2) is 5.13 Å². The number of nitrogen functional groups attached to an aromatic ring is 1. The van der Waals surface area contributed by atoms with Crippen LogP contribution in [0.3, 0.4) is 0 Å². The van der Waals surface area contributed by atoms with Gasteiger partial charge in [0, 0.05) is 34.6 Å². The van der Waals surface area contributed by atoms with E-state index in [0.717, 1.165) is 19.6 Å². The van der Waals surface area contributed by atoms with Gasteiger partial charge in [-0.1, -0.05) is 0 Å². The first kappa shape index (κ1) is 13.0. The Hall–Kier alpha value is -0.980. The largest absolute Gasteiger partial charge is 0.375 e. The summed E-state index contributed by atoms with van der Waals surface area (Å²) >= 11 is 3.45. The van der Waals surface area contributed by atoms with Crippen LogP contribution in [0.5, 0.6) is 0 Å². The molecule has 2 N–H and O–H groups in total. The monoisotopic (exact) mass is 294 g/mol. The van der Waals surface area contributed by atoms with Crippen LogP contribution < -0.4 is 5.73 Å². The number of anilines is 1. The number of piperidine rings is 1. The van der Waals surface area contributed by atoms with E-state index in [1.807, 2.05) is 23.7 Å². The molecule has 2 aromatic rings. The average molecular weight is 294 g/mol. The lowest BCUT2D eigenvalue weighted by atomic mass is 9.97. The molecule has 0 saturated carbocycles. The van der Waals surface area contributed by atoms with Gasteiger partial charge in [0.25, 0.3) is 0 Å². The van der Waals surface area contributed by atoms with Gasteiger partial charge in [0.1, 0.15) is 0 Å². The van der Waals surface area contributed by atoms with Gasteiger partial charge in [-0.3, -0.25) is 4.90 Å². The van der Waals surface area contributed by atoms with E-state index in [4.69, 9.17) is 5.73 Å². The third kappa shape index (κ3) is 3.13. The quantitative estimate of drug-likeness (QED) is 0.945. The van der Waals surface area contributed by atoms with Crippen LogP contribution in [0, 0.1) is 6.92 Å². The number of hydrogen-bond donors (Lipinski definition) is 1. The highest BCUT2D eigenvalue weighted by Gasteiger charge is 2.23. The summed E-state index contributed by atoms with van der Waals surface area (Å²) in [5, 5.41) is 1.99. The molecule has 102 valence electrons. The number of rotatable bonds is 3. The summed E-state index contributed by atoms with van der Waals surface area (Å²) in [6.45, 7) is 5.39. The summed E-state index contributed by atoms with van der Waals surface area (Å²) in [6, 6.07) is 0. The molecule has 0 atom stereocenters. The number of hydrogen-bond acceptors (Lipinski definition) is 6. The molecule has 1 aliphatic heterocycles. The van der Waals surface area contributed by atoms with E-state index in [0.29, 0.717) is 11.0 Å². The second kappa shape index (κ2) is 5.56. The molecule has 0 aliphatic carbocycles. The van der Waals surface area contributed by atoms with Crippen molar-refractivity contribution in [3.05, 3.63) is 27.2 Å².